The molecule has 1 atom stereocenters. The summed E-state index contributed by atoms with van der Waals surface area (Å²) in [6.07, 6.45) is 11.0. The zero-order chi connectivity index (χ0) is 80.2. The number of aliphatic imine (C=N–C) groups is 3. The second-order valence-electron chi connectivity index (χ2n) is 28.9. The number of nitrogens with two attached hydrogens (primary N) is 5. The van der Waals surface area contributed by atoms with Crippen molar-refractivity contribution in [2.45, 2.75) is 44.7 Å². The summed E-state index contributed by atoms with van der Waals surface area (Å²) in [4.78, 5) is 43.8. The minimum Gasteiger partial charge on any atom is -0.383 e. The number of aromatic nitrogens is 6. The predicted octanol–water partition coefficient (Wildman–Crippen LogP) is 16.4. The Labute approximate surface area is 693 Å². The first-order valence-electron chi connectivity index (χ1n) is 38.0. The van der Waals surface area contributed by atoms with Gasteiger partial charge in [0, 0.05) is 159 Å². The summed E-state index contributed by atoms with van der Waals surface area (Å²) in [6.45, 7) is 12.8. The highest BCUT2D eigenvalue weighted by molar-refractivity contribution is 6.32. The van der Waals surface area contributed by atoms with Crippen molar-refractivity contribution < 1.29 is 0 Å². The molecular weight excluding hydrogens is 1520 g/mol. The lowest BCUT2D eigenvalue weighted by molar-refractivity contribution is 0.213. The van der Waals surface area contributed by atoms with Crippen molar-refractivity contribution in [2.24, 2.45) is 20.7 Å². The molecule has 0 saturated carbocycles. The van der Waals surface area contributed by atoms with Crippen molar-refractivity contribution >= 4 is 141 Å². The number of hydrogen-bond donors (Lipinski definition) is 8. The summed E-state index contributed by atoms with van der Waals surface area (Å²) in [6, 6.07) is 62.9. The number of nitrogens with one attached hydrogen (secondary N) is 3. The van der Waals surface area contributed by atoms with Gasteiger partial charge in [-0.25, -0.2) is 24.9 Å². The van der Waals surface area contributed by atoms with Gasteiger partial charge in [-0.2, -0.15) is 0 Å². The smallest absolute Gasteiger partial charge is 0.139 e. The number of benzene rings is 9. The number of rotatable bonds is 8. The van der Waals surface area contributed by atoms with E-state index in [1.54, 1.807) is 24.8 Å². The van der Waals surface area contributed by atoms with Crippen LogP contribution in [0.4, 0.5) is 23.3 Å². The van der Waals surface area contributed by atoms with E-state index in [9.17, 15) is 0 Å². The molecule has 0 radical (unpaired) electrons. The summed E-state index contributed by atoms with van der Waals surface area (Å²) in [5.74, 6) is 30.8. The number of piperidine rings is 1. The van der Waals surface area contributed by atoms with E-state index < -0.39 is 0 Å². The number of para-hydroxylation sites is 2. The summed E-state index contributed by atoms with van der Waals surface area (Å²) in [7, 11) is 0. The highest BCUT2D eigenvalue weighted by Crippen LogP contribution is 2.31. The number of hydrogen-bond acceptors (Lipinski definition) is 17. The average Bonchev–Trinajstić information content (AvgIpc) is 1.15. The molecule has 1 fully saturated rings. The van der Waals surface area contributed by atoms with Gasteiger partial charge in [0.15, 0.2) is 0 Å². The van der Waals surface area contributed by atoms with Crippen LogP contribution in [0.5, 0.6) is 0 Å². The Kier molecular flexibility index (Phi) is 24.0. The van der Waals surface area contributed by atoms with Crippen LogP contribution in [0.15, 0.2) is 234 Å². The zero-order valence-corrected chi connectivity index (χ0v) is 66.7. The van der Waals surface area contributed by atoms with Crippen LogP contribution in [0.25, 0.3) is 65.5 Å². The molecule has 116 heavy (non-hydrogen) atoms. The standard InChI is InChI=1S/C27H28ClN5.C24H15ClN4.C22H19ClN4.C21H18ClN5/c28-23-10-9-22-19-31-26(29)24(25(22)18-23)11-6-20-4-7-21(8-5-20)27-30-12-15-33(27)17-16-32-13-2-1-3-14-32;25-18-11-10-17-14-27-23(26)19(20(17)13-18)12-7-15-5-8-16(9-6-15)24-28-21-3-1-2-4-22(21)29-24;1-22(2)13-26-21(27-22)15-6-3-14(4-7-15)5-10-18-19-11-17(23)9-8-16(19)12-25-20(18)24;22-16-7-6-15-11-25-20(24)18(19(15)9-16)8-3-13-1-4-14(5-2-13)21-26-12-17(10-23)27-21/h4-5,7-10,18-19H,1-3,12-17H2,(H2,29,31);1-6,8-11,13-14H,(H2,26,27)(H,28,29);3-4,6-9,11-12H,13H2,1-2H3,(H2,24,25)(H,26,27);1-2,4-7,9,11,17H,10,12,23H2,(H2,24,25)(H,26,27). The molecule has 14 aromatic rings. The van der Waals surface area contributed by atoms with Crippen LogP contribution in [0.2, 0.25) is 20.1 Å². The number of pyridine rings is 4. The maximum atomic E-state index is 6.19. The number of halogens is 4. The molecule has 13 N–H and O–H groups in total. The Morgan fingerprint density at radius 3 is 1.26 bits per heavy atom. The number of amidine groups is 3. The van der Waals surface area contributed by atoms with E-state index in [1.165, 1.54) is 32.4 Å². The average molecular weight is 1600 g/mol. The van der Waals surface area contributed by atoms with Crippen molar-refractivity contribution in [3.8, 4) is 58.8 Å². The van der Waals surface area contributed by atoms with Gasteiger partial charge in [0.05, 0.1) is 64.5 Å². The fraction of sp³-hybridized carbons (Fsp3) is 0.170. The number of fused-ring (bicyclic) bond motifs is 5. The van der Waals surface area contributed by atoms with Gasteiger partial charge in [-0.15, -0.1) is 0 Å². The molecule has 1 unspecified atom stereocenters. The maximum absolute atomic E-state index is 6.19. The van der Waals surface area contributed by atoms with Gasteiger partial charge < -0.3 is 54.1 Å². The first-order valence-corrected chi connectivity index (χ1v) is 39.6. The molecule has 0 amide bonds. The number of H-pyrrole nitrogens is 1. The second kappa shape index (κ2) is 35.6. The molecule has 9 aromatic carbocycles. The van der Waals surface area contributed by atoms with Crippen LogP contribution in [0.3, 0.4) is 0 Å². The molecule has 22 heteroatoms. The topological polar surface area (TPSA) is 278 Å². The van der Waals surface area contributed by atoms with Gasteiger partial charge in [-0.1, -0.05) is 185 Å². The number of likely N-dealkylation sites (tertiary alicyclic amines) is 1. The normalized spacial score (nSPS) is 14.6. The lowest BCUT2D eigenvalue weighted by Gasteiger charge is -2.29. The molecule has 0 spiro atoms. The highest BCUT2D eigenvalue weighted by Gasteiger charge is 2.26. The number of nitrogens with zero attached hydrogens (tertiary/aromatic N) is 10. The molecule has 9 heterocycles. The molecule has 18 rings (SSSR count). The van der Waals surface area contributed by atoms with Gasteiger partial charge in [-0.3, -0.25) is 15.0 Å². The number of anilines is 4. The molecule has 4 aliphatic rings. The summed E-state index contributed by atoms with van der Waals surface area (Å²) < 4.78 is 0. The van der Waals surface area contributed by atoms with Crippen LogP contribution in [-0.4, -0.2) is 128 Å². The zero-order valence-electron chi connectivity index (χ0n) is 63.7. The van der Waals surface area contributed by atoms with Crippen LogP contribution in [0.1, 0.15) is 94.3 Å². The molecule has 1 saturated heterocycles. The fourth-order valence-corrected chi connectivity index (χ4v) is 14.5. The lowest BCUT2D eigenvalue weighted by atomic mass is 10.1. The summed E-state index contributed by atoms with van der Waals surface area (Å²) in [5.41, 5.74) is 42.5. The molecule has 574 valence electrons. The van der Waals surface area contributed by atoms with E-state index >= 15 is 0 Å². The van der Waals surface area contributed by atoms with Crippen LogP contribution < -0.4 is 39.3 Å². The number of nitrogen functional groups attached to an aromatic ring is 4. The van der Waals surface area contributed by atoms with E-state index in [4.69, 9.17) is 80.1 Å². The second-order valence-corrected chi connectivity index (χ2v) is 30.7. The quantitative estimate of drug-likeness (QED) is 0.0657. The lowest BCUT2D eigenvalue weighted by Crippen LogP contribution is -2.39. The van der Waals surface area contributed by atoms with Crippen molar-refractivity contribution in [3.05, 3.63) is 300 Å². The Balaban J connectivity index is 0.000000122. The number of aromatic amines is 1. The largest absolute Gasteiger partial charge is 0.383 e. The van der Waals surface area contributed by atoms with E-state index in [-0.39, 0.29) is 11.6 Å². The predicted molar refractivity (Wildman–Crippen MR) is 479 cm³/mol. The third kappa shape index (κ3) is 18.9. The van der Waals surface area contributed by atoms with Crippen molar-refractivity contribution in [1.29, 1.82) is 0 Å². The first-order chi connectivity index (χ1) is 56.4. The molecular formula is C94H80Cl4N18. The van der Waals surface area contributed by atoms with Gasteiger partial charge in [0.2, 0.25) is 0 Å². The third-order valence-corrected chi connectivity index (χ3v) is 21.1. The van der Waals surface area contributed by atoms with Crippen LogP contribution in [0, 0.1) is 47.4 Å². The van der Waals surface area contributed by atoms with Gasteiger partial charge in [-0.05, 0) is 149 Å². The summed E-state index contributed by atoms with van der Waals surface area (Å²) >= 11 is 24.6. The Bertz CT molecular complexity index is 6370. The maximum Gasteiger partial charge on any atom is 0.139 e. The molecule has 5 aromatic heterocycles. The van der Waals surface area contributed by atoms with Crippen molar-refractivity contribution in [2.75, 3.05) is 81.8 Å². The van der Waals surface area contributed by atoms with Gasteiger partial charge in [0.1, 0.15) is 46.6 Å². The van der Waals surface area contributed by atoms with Crippen LogP contribution in [-0.2, 0) is 0 Å². The van der Waals surface area contributed by atoms with Gasteiger partial charge >= 0.3 is 0 Å². The van der Waals surface area contributed by atoms with E-state index in [1.807, 2.05) is 182 Å². The third-order valence-electron chi connectivity index (χ3n) is 20.1. The molecule has 0 aliphatic carbocycles. The van der Waals surface area contributed by atoms with Gasteiger partial charge in [0.25, 0.3) is 0 Å². The minimum absolute atomic E-state index is 0.00791. The van der Waals surface area contributed by atoms with Crippen LogP contribution >= 0.6 is 46.4 Å². The molecule has 4 aliphatic heterocycles. The molecule has 0 bridgehead atoms. The number of imidazole rings is 1. The Hall–Kier alpha value is -13.0. The summed E-state index contributed by atoms with van der Waals surface area (Å²) in [5, 5.41) is 16.8. The monoisotopic (exact) mass is 1600 g/mol. The Morgan fingerprint density at radius 1 is 0.440 bits per heavy atom. The fourth-order valence-electron chi connectivity index (χ4n) is 13.8. The van der Waals surface area contributed by atoms with Crippen molar-refractivity contribution in [3.63, 3.8) is 0 Å². The van der Waals surface area contributed by atoms with E-state index in [0.29, 0.717) is 78.7 Å². The minimum atomic E-state index is 0.00791. The van der Waals surface area contributed by atoms with Crippen molar-refractivity contribution in [1.82, 2.24) is 50.3 Å². The SMILES string of the molecule is CC1(C)CN=C(c2ccc(C#Cc3c(N)ncc4ccc(Cl)cc34)cc2)N1.NCC1CN=C(c2ccc(C#Cc3c(N)ncc4ccc(Cl)cc34)cc2)N1.Nc1ncc2ccc(Cl)cc2c1C#Cc1ccc(-c2nc3ccccc3[nH]2)cc1.Nc1ncc2ccc(Cl)cc2c1C#Cc1ccc(C2=NCCN2CCN2CCCCC2)cc1. The highest BCUT2D eigenvalue weighted by atomic mass is 35.5. The Morgan fingerprint density at radius 2 is 0.853 bits per heavy atom. The molecule has 18 nitrogen and oxygen atoms in total. The first kappa shape index (κ1) is 78.3. The van der Waals surface area contributed by atoms with E-state index in [2.05, 4.69) is 134 Å². The van der Waals surface area contributed by atoms with E-state index in [0.717, 1.165) is 155 Å².